The summed E-state index contributed by atoms with van der Waals surface area (Å²) < 4.78 is 17.2. The van der Waals surface area contributed by atoms with Gasteiger partial charge in [0.25, 0.3) is 8.32 Å². The largest absolute Gasteiger partial charge is 0.400 e. The molecule has 0 heterocycles. The van der Waals surface area contributed by atoms with E-state index in [1.807, 2.05) is 43.3 Å². The van der Waals surface area contributed by atoms with Gasteiger partial charge >= 0.3 is 0 Å². The van der Waals surface area contributed by atoms with E-state index in [2.05, 4.69) is 45.0 Å². The van der Waals surface area contributed by atoms with Crippen molar-refractivity contribution in [3.05, 3.63) is 72.3 Å². The highest BCUT2D eigenvalue weighted by Gasteiger charge is 2.50. The number of ether oxygens (including phenoxy) is 2. The predicted octanol–water partition coefficient (Wildman–Crippen LogP) is 4.48. The van der Waals surface area contributed by atoms with Gasteiger partial charge in [-0.25, -0.2) is 0 Å². The Labute approximate surface area is 188 Å². The van der Waals surface area contributed by atoms with E-state index in [4.69, 9.17) is 13.9 Å². The van der Waals surface area contributed by atoms with Gasteiger partial charge in [0.1, 0.15) is 0 Å². The minimum Gasteiger partial charge on any atom is -0.400 e. The molecule has 0 aliphatic rings. The van der Waals surface area contributed by atoms with Gasteiger partial charge in [-0.05, 0) is 34.8 Å². The van der Waals surface area contributed by atoms with Crippen LogP contribution < -0.4 is 10.4 Å². The Morgan fingerprint density at radius 3 is 1.84 bits per heavy atom. The fourth-order valence-electron chi connectivity index (χ4n) is 4.01. The molecule has 0 spiro atoms. The molecule has 168 valence electrons. The number of hydrogen-bond acceptors (Lipinski definition) is 4. The molecule has 4 nitrogen and oxygen atoms in total. The number of benzene rings is 2. The highest BCUT2D eigenvalue weighted by molar-refractivity contribution is 6.99. The van der Waals surface area contributed by atoms with E-state index < -0.39 is 8.32 Å². The predicted molar refractivity (Wildman–Crippen MR) is 129 cm³/mol. The van der Waals surface area contributed by atoms with Crippen LogP contribution in [0.25, 0.3) is 0 Å². The van der Waals surface area contributed by atoms with Crippen LogP contribution in [-0.4, -0.2) is 41.2 Å². The van der Waals surface area contributed by atoms with Crippen molar-refractivity contribution in [2.45, 2.75) is 51.9 Å². The molecular weight excluding hydrogens is 404 g/mol. The molecule has 5 heteroatoms. The first-order valence-electron chi connectivity index (χ1n) is 10.7. The number of ketones is 1. The Bertz CT molecular complexity index is 797. The van der Waals surface area contributed by atoms with Crippen molar-refractivity contribution in [3.63, 3.8) is 0 Å². The zero-order valence-electron chi connectivity index (χ0n) is 19.7. The van der Waals surface area contributed by atoms with Gasteiger partial charge in [-0.3, -0.25) is 4.79 Å². The zero-order chi connectivity index (χ0) is 22.9. The van der Waals surface area contributed by atoms with Gasteiger partial charge in [-0.2, -0.15) is 0 Å². The summed E-state index contributed by atoms with van der Waals surface area (Å²) in [5, 5.41) is 2.19. The van der Waals surface area contributed by atoms with Gasteiger partial charge in [0, 0.05) is 20.6 Å². The van der Waals surface area contributed by atoms with E-state index >= 15 is 0 Å². The maximum atomic E-state index is 12.8. The Kier molecular flexibility index (Phi) is 9.38. The van der Waals surface area contributed by atoms with Crippen molar-refractivity contribution in [3.8, 4) is 0 Å². The van der Waals surface area contributed by atoms with Crippen LogP contribution in [0.5, 0.6) is 0 Å². The molecule has 2 aromatic rings. The van der Waals surface area contributed by atoms with Gasteiger partial charge in [0.15, 0.2) is 12.1 Å². The molecule has 0 radical (unpaired) electrons. The summed E-state index contributed by atoms with van der Waals surface area (Å²) in [6.45, 7) is 8.65. The van der Waals surface area contributed by atoms with Crippen molar-refractivity contribution in [2.24, 2.45) is 0 Å². The average molecular weight is 441 g/mol. The molecule has 0 atom stereocenters. The molecule has 0 unspecified atom stereocenters. The number of hydrogen-bond donors (Lipinski definition) is 0. The quantitative estimate of drug-likeness (QED) is 0.294. The molecule has 2 aromatic carbocycles. The lowest BCUT2D eigenvalue weighted by atomic mass is 10.1. The molecule has 2 rings (SSSR count). The van der Waals surface area contributed by atoms with Gasteiger partial charge in [-0.1, -0.05) is 87.0 Å². The fourth-order valence-corrected chi connectivity index (χ4v) is 8.52. The van der Waals surface area contributed by atoms with Crippen LogP contribution in [-0.2, 0) is 18.7 Å². The number of carbonyl (C=O) groups excluding carboxylic acids is 1. The van der Waals surface area contributed by atoms with Crippen LogP contribution in [0.15, 0.2) is 72.3 Å². The van der Waals surface area contributed by atoms with Crippen LogP contribution in [0.2, 0.25) is 5.04 Å². The van der Waals surface area contributed by atoms with Crippen LogP contribution in [0.1, 0.15) is 40.5 Å². The summed E-state index contributed by atoms with van der Waals surface area (Å²) in [4.78, 5) is 12.8. The van der Waals surface area contributed by atoms with E-state index in [1.165, 1.54) is 10.4 Å². The van der Waals surface area contributed by atoms with Gasteiger partial charge < -0.3 is 13.9 Å². The first kappa shape index (κ1) is 25.2. The molecule has 0 aliphatic carbocycles. The molecule has 0 aliphatic heterocycles. The Balaban J connectivity index is 2.29. The second-order valence-electron chi connectivity index (χ2n) is 8.85. The molecule has 0 aromatic heterocycles. The molecule has 0 N–H and O–H groups in total. The Morgan fingerprint density at radius 1 is 0.935 bits per heavy atom. The maximum Gasteiger partial charge on any atom is 0.261 e. The second-order valence-corrected chi connectivity index (χ2v) is 13.2. The van der Waals surface area contributed by atoms with Crippen molar-refractivity contribution in [1.29, 1.82) is 0 Å². The van der Waals surface area contributed by atoms with Crippen LogP contribution >= 0.6 is 0 Å². The molecule has 0 bridgehead atoms. The first-order valence-corrected chi connectivity index (χ1v) is 12.7. The SMILES string of the molecule is COC(CC/C(C)=C/C(=O)CO[Si](c1ccccc1)(c1ccccc1)C(C)(C)C)OC. The molecule has 0 amide bonds. The van der Waals surface area contributed by atoms with Crippen LogP contribution in [0.3, 0.4) is 0 Å². The van der Waals surface area contributed by atoms with Crippen molar-refractivity contribution >= 4 is 24.5 Å². The van der Waals surface area contributed by atoms with Crippen molar-refractivity contribution in [1.82, 2.24) is 0 Å². The molecule has 0 fully saturated rings. The van der Waals surface area contributed by atoms with Crippen LogP contribution in [0, 0.1) is 0 Å². The van der Waals surface area contributed by atoms with Gasteiger partial charge in [0.2, 0.25) is 0 Å². The number of rotatable bonds is 11. The molecule has 0 saturated carbocycles. The van der Waals surface area contributed by atoms with Gasteiger partial charge in [-0.15, -0.1) is 0 Å². The summed E-state index contributed by atoms with van der Waals surface area (Å²) in [7, 11) is 0.541. The summed E-state index contributed by atoms with van der Waals surface area (Å²) in [5.41, 5.74) is 0.996. The standard InChI is InChI=1S/C26H36O4Si/c1-21(17-18-25(28-5)29-6)19-22(27)20-30-31(26(2,3)4,23-13-9-7-10-14-23)24-15-11-8-12-16-24/h7-16,19,25H,17-18,20H2,1-6H3/b21-19+. The minimum atomic E-state index is -2.70. The van der Waals surface area contributed by atoms with E-state index in [-0.39, 0.29) is 23.7 Å². The lowest BCUT2D eigenvalue weighted by molar-refractivity contribution is -0.116. The smallest absolute Gasteiger partial charge is 0.261 e. The number of allylic oxidation sites excluding steroid dienone is 1. The Hall–Kier alpha value is -2.05. The highest BCUT2D eigenvalue weighted by Crippen LogP contribution is 2.36. The van der Waals surface area contributed by atoms with E-state index in [0.717, 1.165) is 12.0 Å². The summed E-state index contributed by atoms with van der Waals surface area (Å²) in [6.07, 6.45) is 2.88. The van der Waals surface area contributed by atoms with Crippen molar-refractivity contribution < 1.29 is 18.7 Å². The maximum absolute atomic E-state index is 12.8. The zero-order valence-corrected chi connectivity index (χ0v) is 20.7. The second kappa shape index (κ2) is 11.5. The average Bonchev–Trinajstić information content (AvgIpc) is 2.75. The Morgan fingerprint density at radius 2 is 1.42 bits per heavy atom. The van der Waals surface area contributed by atoms with E-state index in [1.54, 1.807) is 20.3 Å². The number of methoxy groups -OCH3 is 2. The third kappa shape index (κ3) is 6.47. The molecule has 0 saturated heterocycles. The van der Waals surface area contributed by atoms with Gasteiger partial charge in [0.05, 0.1) is 6.61 Å². The first-order chi connectivity index (χ1) is 14.7. The topological polar surface area (TPSA) is 44.8 Å². The lowest BCUT2D eigenvalue weighted by Gasteiger charge is -2.42. The molecule has 31 heavy (non-hydrogen) atoms. The summed E-state index contributed by atoms with van der Waals surface area (Å²) in [5.74, 6) is -0.0168. The third-order valence-corrected chi connectivity index (χ3v) is 10.5. The third-order valence-electron chi connectivity index (χ3n) is 5.56. The molecular formula is C26H36O4Si. The van der Waals surface area contributed by atoms with Crippen LogP contribution in [0.4, 0.5) is 0 Å². The highest BCUT2D eigenvalue weighted by atomic mass is 28.4. The fraction of sp³-hybridized carbons (Fsp3) is 0.423. The van der Waals surface area contributed by atoms with E-state index in [9.17, 15) is 4.79 Å². The summed E-state index contributed by atoms with van der Waals surface area (Å²) in [6, 6.07) is 20.7. The minimum absolute atomic E-state index is 0.0168. The summed E-state index contributed by atoms with van der Waals surface area (Å²) >= 11 is 0. The van der Waals surface area contributed by atoms with E-state index in [0.29, 0.717) is 6.42 Å². The van der Waals surface area contributed by atoms with Crippen molar-refractivity contribution in [2.75, 3.05) is 20.8 Å². The normalized spacial score (nSPS) is 12.9. The number of carbonyl (C=O) groups is 1. The monoisotopic (exact) mass is 440 g/mol. The lowest BCUT2D eigenvalue weighted by Crippen LogP contribution is -2.66.